The van der Waals surface area contributed by atoms with Gasteiger partial charge < -0.3 is 15.4 Å². The Morgan fingerprint density at radius 2 is 2.04 bits per heavy atom. The van der Waals surface area contributed by atoms with Gasteiger partial charge in [-0.2, -0.15) is 0 Å². The van der Waals surface area contributed by atoms with Crippen LogP contribution < -0.4 is 10.6 Å². The lowest BCUT2D eigenvalue weighted by Crippen LogP contribution is -2.21. The van der Waals surface area contributed by atoms with Gasteiger partial charge in [-0.1, -0.05) is 24.4 Å². The second-order valence-corrected chi connectivity index (χ2v) is 8.23. The molecular formula is C19H22ClN3O2S2. The third-order valence-electron chi connectivity index (χ3n) is 4.35. The van der Waals surface area contributed by atoms with Crippen molar-refractivity contribution in [3.05, 3.63) is 39.4 Å². The van der Waals surface area contributed by atoms with Crippen molar-refractivity contribution < 1.29 is 9.53 Å². The van der Waals surface area contributed by atoms with E-state index < -0.39 is 0 Å². The van der Waals surface area contributed by atoms with Crippen molar-refractivity contribution >= 4 is 57.1 Å². The van der Waals surface area contributed by atoms with E-state index in [1.165, 1.54) is 17.7 Å². The molecule has 0 bridgehead atoms. The Morgan fingerprint density at radius 3 is 2.74 bits per heavy atom. The highest BCUT2D eigenvalue weighted by atomic mass is 35.5. The molecule has 5 nitrogen and oxygen atoms in total. The number of thiophene rings is 1. The minimum Gasteiger partial charge on any atom is -0.462 e. The van der Waals surface area contributed by atoms with Crippen LogP contribution in [0.2, 0.25) is 5.02 Å². The molecule has 1 aliphatic carbocycles. The number of esters is 1. The summed E-state index contributed by atoms with van der Waals surface area (Å²) < 4.78 is 5.32. The SMILES string of the molecule is CCOC(=O)c1c(NC(=S)Nc2ccc(Cl)cn2)sc2c1CCCCCC2. The molecule has 144 valence electrons. The zero-order chi connectivity index (χ0) is 19.2. The topological polar surface area (TPSA) is 63.2 Å². The van der Waals surface area contributed by atoms with E-state index >= 15 is 0 Å². The first kappa shape index (κ1) is 20.0. The normalized spacial score (nSPS) is 13.9. The monoisotopic (exact) mass is 423 g/mol. The van der Waals surface area contributed by atoms with Gasteiger partial charge in [-0.05, 0) is 62.5 Å². The molecule has 0 atom stereocenters. The molecule has 0 amide bonds. The number of thiocarbonyl (C=S) groups is 1. The minimum atomic E-state index is -0.287. The van der Waals surface area contributed by atoms with Gasteiger partial charge in [0.25, 0.3) is 0 Å². The van der Waals surface area contributed by atoms with Crippen LogP contribution in [0.5, 0.6) is 0 Å². The number of nitrogens with zero attached hydrogens (tertiary/aromatic N) is 1. The van der Waals surface area contributed by atoms with Gasteiger partial charge in [0.05, 0.1) is 17.2 Å². The van der Waals surface area contributed by atoms with Crippen molar-refractivity contribution in [2.75, 3.05) is 17.2 Å². The molecule has 0 aliphatic heterocycles. The van der Waals surface area contributed by atoms with Gasteiger partial charge in [0.15, 0.2) is 5.11 Å². The fourth-order valence-corrected chi connectivity index (χ4v) is 4.79. The number of nitrogens with one attached hydrogen (secondary N) is 2. The average molecular weight is 424 g/mol. The number of carbonyl (C=O) groups is 1. The van der Waals surface area contributed by atoms with Gasteiger partial charge in [-0.15, -0.1) is 11.3 Å². The number of carbonyl (C=O) groups excluding carboxylic acids is 1. The molecule has 0 saturated heterocycles. The summed E-state index contributed by atoms with van der Waals surface area (Å²) in [7, 11) is 0. The van der Waals surface area contributed by atoms with E-state index in [1.807, 2.05) is 6.92 Å². The first-order valence-electron chi connectivity index (χ1n) is 9.09. The smallest absolute Gasteiger partial charge is 0.341 e. The van der Waals surface area contributed by atoms with Gasteiger partial charge in [-0.25, -0.2) is 9.78 Å². The lowest BCUT2D eigenvalue weighted by Gasteiger charge is -2.12. The van der Waals surface area contributed by atoms with E-state index in [-0.39, 0.29) is 5.97 Å². The quantitative estimate of drug-likeness (QED) is 0.504. The second kappa shape index (κ2) is 9.48. The van der Waals surface area contributed by atoms with Crippen LogP contribution in [0.4, 0.5) is 10.8 Å². The Hall–Kier alpha value is -1.70. The number of pyridine rings is 1. The maximum atomic E-state index is 12.6. The van der Waals surface area contributed by atoms with Gasteiger partial charge in [-0.3, -0.25) is 0 Å². The molecule has 2 N–H and O–H groups in total. The van der Waals surface area contributed by atoms with Gasteiger partial charge in [0.2, 0.25) is 0 Å². The summed E-state index contributed by atoms with van der Waals surface area (Å²) in [6, 6.07) is 3.48. The number of halogens is 1. The summed E-state index contributed by atoms with van der Waals surface area (Å²) in [4.78, 5) is 18.1. The molecule has 2 heterocycles. The van der Waals surface area contributed by atoms with Crippen molar-refractivity contribution in [2.45, 2.75) is 45.4 Å². The summed E-state index contributed by atoms with van der Waals surface area (Å²) >= 11 is 12.9. The number of ether oxygens (including phenoxy) is 1. The zero-order valence-corrected chi connectivity index (χ0v) is 17.5. The fourth-order valence-electron chi connectivity index (χ4n) is 3.13. The number of hydrogen-bond acceptors (Lipinski definition) is 5. The molecule has 0 aromatic carbocycles. The summed E-state index contributed by atoms with van der Waals surface area (Å²) in [5.41, 5.74) is 1.75. The summed E-state index contributed by atoms with van der Waals surface area (Å²) in [6.07, 6.45) is 8.11. The van der Waals surface area contributed by atoms with E-state index in [1.54, 1.807) is 29.7 Å². The van der Waals surface area contributed by atoms with Crippen LogP contribution in [-0.2, 0) is 17.6 Å². The molecule has 3 rings (SSSR count). The lowest BCUT2D eigenvalue weighted by atomic mass is 9.96. The number of aryl methyl sites for hydroxylation is 1. The Kier molecular flexibility index (Phi) is 7.04. The Labute approximate surface area is 173 Å². The largest absolute Gasteiger partial charge is 0.462 e. The highest BCUT2D eigenvalue weighted by Crippen LogP contribution is 2.37. The van der Waals surface area contributed by atoms with E-state index in [4.69, 9.17) is 28.6 Å². The lowest BCUT2D eigenvalue weighted by molar-refractivity contribution is 0.0526. The first-order valence-corrected chi connectivity index (χ1v) is 10.7. The number of aromatic nitrogens is 1. The van der Waals surface area contributed by atoms with Gasteiger partial charge >= 0.3 is 5.97 Å². The van der Waals surface area contributed by atoms with Crippen LogP contribution >= 0.6 is 35.2 Å². The third kappa shape index (κ3) is 5.18. The highest BCUT2D eigenvalue weighted by Gasteiger charge is 2.25. The number of fused-ring (bicyclic) bond motifs is 1. The van der Waals surface area contributed by atoms with Gasteiger partial charge in [0, 0.05) is 11.1 Å². The molecule has 8 heteroatoms. The summed E-state index contributed by atoms with van der Waals surface area (Å²) in [5.74, 6) is 0.301. The first-order chi connectivity index (χ1) is 13.1. The van der Waals surface area contributed by atoms with Crippen LogP contribution in [0.15, 0.2) is 18.3 Å². The van der Waals surface area contributed by atoms with Crippen molar-refractivity contribution in [1.82, 2.24) is 4.98 Å². The van der Waals surface area contributed by atoms with Crippen molar-refractivity contribution in [1.29, 1.82) is 0 Å². The molecule has 0 spiro atoms. The Balaban J connectivity index is 1.84. The second-order valence-electron chi connectivity index (χ2n) is 6.28. The van der Waals surface area contributed by atoms with Crippen LogP contribution in [-0.4, -0.2) is 22.7 Å². The van der Waals surface area contributed by atoms with Crippen LogP contribution in [0.25, 0.3) is 0 Å². The van der Waals surface area contributed by atoms with Crippen molar-refractivity contribution in [3.63, 3.8) is 0 Å². The fraction of sp³-hybridized carbons (Fsp3) is 0.421. The molecular weight excluding hydrogens is 402 g/mol. The molecule has 1 aliphatic rings. The summed E-state index contributed by atoms with van der Waals surface area (Å²) in [5, 5.41) is 7.88. The standard InChI is InChI=1S/C19H22ClN3O2S2/c1-2-25-18(24)16-13-7-5-3-4-6-8-14(13)27-17(16)23-19(26)22-15-10-9-12(20)11-21-15/h9-11H,2-8H2,1H3,(H2,21,22,23,26). The minimum absolute atomic E-state index is 0.287. The van der Waals surface area contributed by atoms with E-state index in [9.17, 15) is 4.79 Å². The predicted molar refractivity (Wildman–Crippen MR) is 115 cm³/mol. The van der Waals surface area contributed by atoms with Crippen molar-refractivity contribution in [2.24, 2.45) is 0 Å². The van der Waals surface area contributed by atoms with Gasteiger partial charge in [0.1, 0.15) is 10.8 Å². The maximum absolute atomic E-state index is 12.6. The number of rotatable bonds is 4. The molecule has 27 heavy (non-hydrogen) atoms. The van der Waals surface area contributed by atoms with Crippen LogP contribution in [0, 0.1) is 0 Å². The molecule has 0 radical (unpaired) electrons. The van der Waals surface area contributed by atoms with E-state index in [2.05, 4.69) is 15.6 Å². The molecule has 2 aromatic heterocycles. The maximum Gasteiger partial charge on any atom is 0.341 e. The van der Waals surface area contributed by atoms with Crippen LogP contribution in [0.1, 0.15) is 53.4 Å². The van der Waals surface area contributed by atoms with Crippen molar-refractivity contribution in [3.8, 4) is 0 Å². The predicted octanol–water partition coefficient (Wildman–Crippen LogP) is 5.44. The molecule has 0 unspecified atom stereocenters. The Bertz CT molecular complexity index is 821. The van der Waals surface area contributed by atoms with E-state index in [0.717, 1.165) is 36.2 Å². The Morgan fingerprint density at radius 1 is 1.26 bits per heavy atom. The molecule has 0 saturated carbocycles. The average Bonchev–Trinajstić information content (AvgIpc) is 2.93. The molecule has 0 fully saturated rings. The zero-order valence-electron chi connectivity index (χ0n) is 15.1. The third-order valence-corrected chi connectivity index (χ3v) is 5.98. The highest BCUT2D eigenvalue weighted by molar-refractivity contribution is 7.80. The van der Waals surface area contributed by atoms with E-state index in [0.29, 0.717) is 28.1 Å². The number of anilines is 2. The molecule has 2 aromatic rings. The van der Waals surface area contributed by atoms with Crippen LogP contribution in [0.3, 0.4) is 0 Å². The number of hydrogen-bond donors (Lipinski definition) is 2. The summed E-state index contributed by atoms with van der Waals surface area (Å²) in [6.45, 7) is 2.17.